The van der Waals surface area contributed by atoms with Crippen LogP contribution in [-0.4, -0.2) is 34.6 Å². The van der Waals surface area contributed by atoms with Gasteiger partial charge in [0.25, 0.3) is 0 Å². The van der Waals surface area contributed by atoms with E-state index in [1.165, 1.54) is 11.8 Å². The largest absolute Gasteiger partial charge is 0.352 e. The molecule has 1 atom stereocenters. The molecule has 0 saturated heterocycles. The second-order valence-corrected chi connectivity index (χ2v) is 8.39. The number of thioether (sulfide) groups is 1. The SMILES string of the molecule is CC(C)NC(=O)[C@H](C)N(Cc1ccccc1)C(=O)CSCc1cccc(Cl)c1. The minimum atomic E-state index is -0.540. The summed E-state index contributed by atoms with van der Waals surface area (Å²) in [6, 6.07) is 16.9. The van der Waals surface area contributed by atoms with Crippen LogP contribution in [0.4, 0.5) is 0 Å². The monoisotopic (exact) mass is 418 g/mol. The van der Waals surface area contributed by atoms with Crippen LogP contribution in [0.5, 0.6) is 0 Å². The highest BCUT2D eigenvalue weighted by Gasteiger charge is 2.26. The van der Waals surface area contributed by atoms with Crippen molar-refractivity contribution >= 4 is 35.2 Å². The van der Waals surface area contributed by atoms with Crippen LogP contribution in [0.3, 0.4) is 0 Å². The summed E-state index contributed by atoms with van der Waals surface area (Å²) in [6.07, 6.45) is 0. The summed E-state index contributed by atoms with van der Waals surface area (Å²) in [4.78, 5) is 27.1. The maximum absolute atomic E-state index is 12.9. The van der Waals surface area contributed by atoms with Crippen molar-refractivity contribution in [1.29, 1.82) is 0 Å². The van der Waals surface area contributed by atoms with E-state index >= 15 is 0 Å². The Balaban J connectivity index is 2.03. The topological polar surface area (TPSA) is 49.4 Å². The average molecular weight is 419 g/mol. The molecule has 0 radical (unpaired) electrons. The first-order valence-electron chi connectivity index (χ1n) is 9.32. The van der Waals surface area contributed by atoms with Gasteiger partial charge in [-0.3, -0.25) is 9.59 Å². The van der Waals surface area contributed by atoms with Crippen LogP contribution < -0.4 is 5.32 Å². The van der Waals surface area contributed by atoms with Gasteiger partial charge in [-0.1, -0.05) is 54.1 Å². The van der Waals surface area contributed by atoms with Crippen molar-refractivity contribution in [3.05, 3.63) is 70.7 Å². The Morgan fingerprint density at radius 1 is 1.04 bits per heavy atom. The number of rotatable bonds is 9. The number of nitrogens with one attached hydrogen (secondary N) is 1. The minimum absolute atomic E-state index is 0.0285. The molecule has 28 heavy (non-hydrogen) atoms. The zero-order chi connectivity index (χ0) is 20.5. The second-order valence-electron chi connectivity index (χ2n) is 6.97. The maximum atomic E-state index is 12.9. The third-order valence-corrected chi connectivity index (χ3v) is 5.40. The summed E-state index contributed by atoms with van der Waals surface area (Å²) in [6.45, 7) is 6.01. The van der Waals surface area contributed by atoms with Gasteiger partial charge in [-0.25, -0.2) is 0 Å². The van der Waals surface area contributed by atoms with Gasteiger partial charge < -0.3 is 10.2 Å². The van der Waals surface area contributed by atoms with Crippen LogP contribution in [0, 0.1) is 0 Å². The molecule has 0 aliphatic rings. The van der Waals surface area contributed by atoms with Crippen molar-refractivity contribution in [1.82, 2.24) is 10.2 Å². The Morgan fingerprint density at radius 3 is 2.36 bits per heavy atom. The molecule has 0 aliphatic heterocycles. The van der Waals surface area contributed by atoms with E-state index in [1.54, 1.807) is 11.8 Å². The molecule has 2 amide bonds. The molecule has 0 bridgehead atoms. The fourth-order valence-electron chi connectivity index (χ4n) is 2.73. The van der Waals surface area contributed by atoms with E-state index in [0.29, 0.717) is 23.1 Å². The number of amides is 2. The predicted octanol–water partition coefficient (Wildman–Crippen LogP) is 4.52. The lowest BCUT2D eigenvalue weighted by Crippen LogP contribution is -2.49. The predicted molar refractivity (Wildman–Crippen MR) is 117 cm³/mol. The first kappa shape index (κ1) is 22.3. The van der Waals surface area contributed by atoms with Crippen LogP contribution in [0.1, 0.15) is 31.9 Å². The van der Waals surface area contributed by atoms with Crippen LogP contribution >= 0.6 is 23.4 Å². The summed E-state index contributed by atoms with van der Waals surface area (Å²) in [5, 5.41) is 3.59. The van der Waals surface area contributed by atoms with Gasteiger partial charge in [0.1, 0.15) is 6.04 Å². The van der Waals surface area contributed by atoms with Crippen LogP contribution in [-0.2, 0) is 21.9 Å². The zero-order valence-corrected chi connectivity index (χ0v) is 18.1. The number of hydrogen-bond acceptors (Lipinski definition) is 3. The molecule has 0 unspecified atom stereocenters. The Morgan fingerprint density at radius 2 is 1.71 bits per heavy atom. The van der Waals surface area contributed by atoms with Crippen molar-refractivity contribution in [3.63, 3.8) is 0 Å². The Kier molecular flexibility index (Phi) is 8.87. The number of halogens is 1. The molecule has 0 aromatic heterocycles. The molecular formula is C22H27ClN2O2S. The molecule has 2 aromatic rings. The molecule has 0 spiro atoms. The Hall–Kier alpha value is -1.98. The number of benzene rings is 2. The van der Waals surface area contributed by atoms with Gasteiger partial charge in [0.05, 0.1) is 5.75 Å². The van der Waals surface area contributed by atoms with Crippen molar-refractivity contribution in [2.45, 2.75) is 45.2 Å². The van der Waals surface area contributed by atoms with Crippen LogP contribution in [0.15, 0.2) is 54.6 Å². The highest BCUT2D eigenvalue weighted by molar-refractivity contribution is 7.99. The van der Waals surface area contributed by atoms with Crippen molar-refractivity contribution in [3.8, 4) is 0 Å². The molecule has 0 fully saturated rings. The zero-order valence-electron chi connectivity index (χ0n) is 16.5. The van der Waals surface area contributed by atoms with E-state index in [4.69, 9.17) is 11.6 Å². The minimum Gasteiger partial charge on any atom is -0.352 e. The number of carbonyl (C=O) groups is 2. The molecule has 0 heterocycles. The molecular weight excluding hydrogens is 392 g/mol. The summed E-state index contributed by atoms with van der Waals surface area (Å²) in [5.74, 6) is 0.804. The fraction of sp³-hybridized carbons (Fsp3) is 0.364. The van der Waals surface area contributed by atoms with Gasteiger partial charge in [0.2, 0.25) is 11.8 Å². The first-order chi connectivity index (χ1) is 13.4. The summed E-state index contributed by atoms with van der Waals surface area (Å²) < 4.78 is 0. The summed E-state index contributed by atoms with van der Waals surface area (Å²) in [7, 11) is 0. The quantitative estimate of drug-likeness (QED) is 0.651. The summed E-state index contributed by atoms with van der Waals surface area (Å²) >= 11 is 7.54. The van der Waals surface area contributed by atoms with Crippen molar-refractivity contribution < 1.29 is 9.59 Å². The molecule has 4 nitrogen and oxygen atoms in total. The van der Waals surface area contributed by atoms with E-state index < -0.39 is 6.04 Å². The first-order valence-corrected chi connectivity index (χ1v) is 10.9. The van der Waals surface area contributed by atoms with Gasteiger partial charge in [-0.05, 0) is 44.0 Å². The molecule has 150 valence electrons. The molecule has 0 aliphatic carbocycles. The summed E-state index contributed by atoms with van der Waals surface area (Å²) in [5.41, 5.74) is 2.07. The molecule has 6 heteroatoms. The molecule has 2 aromatic carbocycles. The van der Waals surface area contributed by atoms with Gasteiger partial charge in [0.15, 0.2) is 0 Å². The lowest BCUT2D eigenvalue weighted by Gasteiger charge is -2.29. The van der Waals surface area contributed by atoms with Crippen molar-refractivity contribution in [2.24, 2.45) is 0 Å². The van der Waals surface area contributed by atoms with E-state index in [1.807, 2.05) is 68.4 Å². The molecule has 1 N–H and O–H groups in total. The highest BCUT2D eigenvalue weighted by atomic mass is 35.5. The van der Waals surface area contributed by atoms with Crippen LogP contribution in [0.25, 0.3) is 0 Å². The number of hydrogen-bond donors (Lipinski definition) is 1. The fourth-order valence-corrected chi connectivity index (χ4v) is 3.80. The third kappa shape index (κ3) is 7.21. The van der Waals surface area contributed by atoms with Gasteiger partial charge in [-0.15, -0.1) is 11.8 Å². The van der Waals surface area contributed by atoms with E-state index in [2.05, 4.69) is 5.32 Å². The van der Waals surface area contributed by atoms with Crippen LogP contribution in [0.2, 0.25) is 5.02 Å². The lowest BCUT2D eigenvalue weighted by molar-refractivity contribution is -0.138. The van der Waals surface area contributed by atoms with Gasteiger partial charge in [-0.2, -0.15) is 0 Å². The Bertz CT molecular complexity index is 783. The smallest absolute Gasteiger partial charge is 0.242 e. The van der Waals surface area contributed by atoms with E-state index in [9.17, 15) is 9.59 Å². The third-order valence-electron chi connectivity index (χ3n) is 4.18. The standard InChI is InChI=1S/C22H27ClN2O2S/c1-16(2)24-22(27)17(3)25(13-18-8-5-4-6-9-18)21(26)15-28-14-19-10-7-11-20(23)12-19/h4-12,16-17H,13-15H2,1-3H3,(H,24,27)/t17-/m0/s1. The maximum Gasteiger partial charge on any atom is 0.242 e. The highest BCUT2D eigenvalue weighted by Crippen LogP contribution is 2.18. The molecule has 0 saturated carbocycles. The molecule has 2 rings (SSSR count). The number of nitrogens with zero attached hydrogens (tertiary/aromatic N) is 1. The normalized spacial score (nSPS) is 11.9. The lowest BCUT2D eigenvalue weighted by atomic mass is 10.1. The van der Waals surface area contributed by atoms with Gasteiger partial charge in [0, 0.05) is 23.4 Å². The Labute approximate surface area is 176 Å². The average Bonchev–Trinajstić information content (AvgIpc) is 2.66. The van der Waals surface area contributed by atoms with E-state index in [-0.39, 0.29) is 17.9 Å². The van der Waals surface area contributed by atoms with Gasteiger partial charge >= 0.3 is 0 Å². The number of carbonyl (C=O) groups excluding carboxylic acids is 2. The van der Waals surface area contributed by atoms with E-state index in [0.717, 1.165) is 11.1 Å². The second kappa shape index (κ2) is 11.1. The van der Waals surface area contributed by atoms with Crippen molar-refractivity contribution in [2.75, 3.05) is 5.75 Å².